The van der Waals surface area contributed by atoms with E-state index in [2.05, 4.69) is 10.2 Å². The molecule has 0 saturated carbocycles. The van der Waals surface area contributed by atoms with E-state index in [-0.39, 0.29) is 5.91 Å². The molecular weight excluding hydrogens is 190 g/mol. The fourth-order valence-corrected chi connectivity index (χ4v) is 1.77. The first-order valence-corrected chi connectivity index (χ1v) is 5.69. The maximum atomic E-state index is 11.8. The van der Waals surface area contributed by atoms with Gasteiger partial charge in [-0.15, -0.1) is 0 Å². The van der Waals surface area contributed by atoms with Gasteiger partial charge in [0.2, 0.25) is 5.91 Å². The molecule has 88 valence electrons. The molecule has 0 aromatic heterocycles. The fraction of sp³-hybridized carbons (Fsp3) is 0.909. The number of carbonyl (C=O) groups is 1. The van der Waals surface area contributed by atoms with Crippen LogP contribution in [-0.2, 0) is 4.79 Å². The van der Waals surface area contributed by atoms with Gasteiger partial charge >= 0.3 is 0 Å². The number of amides is 1. The fourth-order valence-electron chi connectivity index (χ4n) is 1.77. The van der Waals surface area contributed by atoms with Crippen LogP contribution in [-0.4, -0.2) is 63.0 Å². The number of nitrogens with zero attached hydrogens (tertiary/aromatic N) is 2. The second-order valence-corrected chi connectivity index (χ2v) is 4.68. The molecule has 15 heavy (non-hydrogen) atoms. The van der Waals surface area contributed by atoms with Gasteiger partial charge in [-0.1, -0.05) is 0 Å². The van der Waals surface area contributed by atoms with Crippen LogP contribution < -0.4 is 5.32 Å². The van der Waals surface area contributed by atoms with Crippen LogP contribution >= 0.6 is 0 Å². The summed E-state index contributed by atoms with van der Waals surface area (Å²) in [5.74, 6) is 0.838. The molecule has 1 aliphatic rings. The Bertz CT molecular complexity index is 200. The number of nitrogens with one attached hydrogen (secondary N) is 1. The summed E-state index contributed by atoms with van der Waals surface area (Å²) in [5, 5.41) is 3.29. The maximum Gasteiger partial charge on any atom is 0.222 e. The molecule has 1 rings (SSSR count). The normalized spacial score (nSPS) is 20.9. The highest BCUT2D eigenvalue weighted by Gasteiger charge is 2.19. The molecular formula is C11H23N3O. The van der Waals surface area contributed by atoms with Gasteiger partial charge in [0.15, 0.2) is 0 Å². The molecule has 1 aliphatic heterocycles. The van der Waals surface area contributed by atoms with E-state index < -0.39 is 0 Å². The molecule has 0 aromatic rings. The molecule has 4 heteroatoms. The van der Waals surface area contributed by atoms with Gasteiger partial charge in [0, 0.05) is 26.6 Å². The first-order valence-electron chi connectivity index (χ1n) is 5.69. The Morgan fingerprint density at radius 1 is 1.33 bits per heavy atom. The van der Waals surface area contributed by atoms with E-state index in [0.29, 0.717) is 12.3 Å². The lowest BCUT2D eigenvalue weighted by molar-refractivity contribution is -0.130. The third-order valence-corrected chi connectivity index (χ3v) is 2.93. The van der Waals surface area contributed by atoms with Gasteiger partial charge in [-0.05, 0) is 39.5 Å². The lowest BCUT2D eigenvalue weighted by Gasteiger charge is -2.21. The van der Waals surface area contributed by atoms with Crippen LogP contribution in [0.15, 0.2) is 0 Å². The summed E-state index contributed by atoms with van der Waals surface area (Å²) >= 11 is 0. The number of rotatable bonds is 5. The average Bonchev–Trinajstić information content (AvgIpc) is 2.66. The van der Waals surface area contributed by atoms with Gasteiger partial charge in [0.05, 0.1) is 0 Å². The molecule has 0 bridgehead atoms. The zero-order valence-corrected chi connectivity index (χ0v) is 10.1. The SMILES string of the molecule is CN(C)CCN(C)C(=O)CC1CCNC1. The Morgan fingerprint density at radius 3 is 2.60 bits per heavy atom. The van der Waals surface area contributed by atoms with Gasteiger partial charge in [0.25, 0.3) is 0 Å². The van der Waals surface area contributed by atoms with Gasteiger partial charge in [-0.3, -0.25) is 4.79 Å². The summed E-state index contributed by atoms with van der Waals surface area (Å²) in [4.78, 5) is 15.7. The van der Waals surface area contributed by atoms with E-state index in [1.54, 1.807) is 0 Å². The number of hydrogen-bond acceptors (Lipinski definition) is 3. The molecule has 1 heterocycles. The highest BCUT2D eigenvalue weighted by molar-refractivity contribution is 5.76. The minimum absolute atomic E-state index is 0.283. The number of carbonyl (C=O) groups excluding carboxylic acids is 1. The van der Waals surface area contributed by atoms with E-state index in [1.165, 1.54) is 0 Å². The smallest absolute Gasteiger partial charge is 0.222 e. The zero-order chi connectivity index (χ0) is 11.3. The van der Waals surface area contributed by atoms with Crippen LogP contribution in [0.1, 0.15) is 12.8 Å². The van der Waals surface area contributed by atoms with E-state index in [0.717, 1.165) is 32.6 Å². The van der Waals surface area contributed by atoms with Crippen molar-refractivity contribution in [2.24, 2.45) is 5.92 Å². The monoisotopic (exact) mass is 213 g/mol. The van der Waals surface area contributed by atoms with Crippen LogP contribution in [0.3, 0.4) is 0 Å². The third-order valence-electron chi connectivity index (χ3n) is 2.93. The highest BCUT2D eigenvalue weighted by atomic mass is 16.2. The predicted octanol–water partition coefficient (Wildman–Crippen LogP) is 0.00600. The summed E-state index contributed by atoms with van der Waals surface area (Å²) in [5.41, 5.74) is 0. The Hall–Kier alpha value is -0.610. The molecule has 1 saturated heterocycles. The van der Waals surface area contributed by atoms with Crippen molar-refractivity contribution < 1.29 is 4.79 Å². The minimum atomic E-state index is 0.283. The van der Waals surface area contributed by atoms with Crippen LogP contribution in [0.2, 0.25) is 0 Å². The molecule has 0 aliphatic carbocycles. The molecule has 4 nitrogen and oxygen atoms in total. The summed E-state index contributed by atoms with van der Waals surface area (Å²) in [6, 6.07) is 0. The molecule has 0 aromatic carbocycles. The molecule has 1 unspecified atom stereocenters. The topological polar surface area (TPSA) is 35.6 Å². The van der Waals surface area contributed by atoms with Crippen LogP contribution in [0.4, 0.5) is 0 Å². The second kappa shape index (κ2) is 6.08. The Labute approximate surface area is 92.6 Å². The van der Waals surface area contributed by atoms with Crippen molar-refractivity contribution >= 4 is 5.91 Å². The lowest BCUT2D eigenvalue weighted by atomic mass is 10.0. The Kier molecular flexibility index (Phi) is 5.05. The molecule has 0 spiro atoms. The van der Waals surface area contributed by atoms with E-state index in [9.17, 15) is 4.79 Å². The first kappa shape index (κ1) is 12.5. The first-order chi connectivity index (χ1) is 7.09. The van der Waals surface area contributed by atoms with Gasteiger partial charge in [0.1, 0.15) is 0 Å². The second-order valence-electron chi connectivity index (χ2n) is 4.68. The van der Waals surface area contributed by atoms with E-state index in [1.807, 2.05) is 26.0 Å². The molecule has 1 N–H and O–H groups in total. The summed E-state index contributed by atoms with van der Waals surface area (Å²) in [6.07, 6.45) is 1.85. The van der Waals surface area contributed by atoms with Gasteiger partial charge < -0.3 is 15.1 Å². The molecule has 1 amide bonds. The van der Waals surface area contributed by atoms with Crippen LogP contribution in [0, 0.1) is 5.92 Å². The van der Waals surface area contributed by atoms with Crippen molar-refractivity contribution in [3.05, 3.63) is 0 Å². The van der Waals surface area contributed by atoms with Crippen LogP contribution in [0.5, 0.6) is 0 Å². The van der Waals surface area contributed by atoms with Gasteiger partial charge in [-0.2, -0.15) is 0 Å². The van der Waals surface area contributed by atoms with E-state index >= 15 is 0 Å². The quantitative estimate of drug-likeness (QED) is 0.698. The Balaban J connectivity index is 2.20. The van der Waals surface area contributed by atoms with Crippen molar-refractivity contribution in [1.29, 1.82) is 0 Å². The highest BCUT2D eigenvalue weighted by Crippen LogP contribution is 2.13. The number of hydrogen-bond donors (Lipinski definition) is 1. The van der Waals surface area contributed by atoms with Crippen molar-refractivity contribution in [1.82, 2.24) is 15.1 Å². The van der Waals surface area contributed by atoms with E-state index in [4.69, 9.17) is 0 Å². The van der Waals surface area contributed by atoms with Crippen molar-refractivity contribution in [3.63, 3.8) is 0 Å². The van der Waals surface area contributed by atoms with Crippen LogP contribution in [0.25, 0.3) is 0 Å². The summed E-state index contributed by atoms with van der Waals surface area (Å²) in [7, 11) is 5.95. The summed E-state index contributed by atoms with van der Waals surface area (Å²) < 4.78 is 0. The van der Waals surface area contributed by atoms with Crippen molar-refractivity contribution in [3.8, 4) is 0 Å². The molecule has 0 radical (unpaired) electrons. The summed E-state index contributed by atoms with van der Waals surface area (Å²) in [6.45, 7) is 3.84. The standard InChI is InChI=1S/C11H23N3O/c1-13(2)6-7-14(3)11(15)8-10-4-5-12-9-10/h10,12H,4-9H2,1-3H3. The Morgan fingerprint density at radius 2 is 2.07 bits per heavy atom. The van der Waals surface area contributed by atoms with Crippen molar-refractivity contribution in [2.45, 2.75) is 12.8 Å². The average molecular weight is 213 g/mol. The maximum absolute atomic E-state index is 11.8. The minimum Gasteiger partial charge on any atom is -0.344 e. The third kappa shape index (κ3) is 4.62. The van der Waals surface area contributed by atoms with Crippen molar-refractivity contribution in [2.75, 3.05) is 47.3 Å². The lowest BCUT2D eigenvalue weighted by Crippen LogP contribution is -2.34. The van der Waals surface area contributed by atoms with Gasteiger partial charge in [-0.25, -0.2) is 0 Å². The number of likely N-dealkylation sites (N-methyl/N-ethyl adjacent to an activating group) is 2. The molecule has 1 fully saturated rings. The zero-order valence-electron chi connectivity index (χ0n) is 10.1. The predicted molar refractivity (Wildman–Crippen MR) is 61.8 cm³/mol. The largest absolute Gasteiger partial charge is 0.344 e. The molecule has 1 atom stereocenters.